The van der Waals surface area contributed by atoms with Crippen LogP contribution in [0.25, 0.3) is 0 Å². The van der Waals surface area contributed by atoms with E-state index >= 15 is 0 Å². The minimum Gasteiger partial charge on any atom is -0.481 e. The van der Waals surface area contributed by atoms with Crippen LogP contribution in [0.1, 0.15) is 33.1 Å². The highest BCUT2D eigenvalue weighted by atomic mass is 16.6. The van der Waals surface area contributed by atoms with Crippen LogP contribution in [-0.2, 0) is 33.4 Å². The standard InChI is InChI=1S/C16H22O8/c1-10(2)15(20)22-8-12(9-23-16(21)11(3)4)24-14(19)7-5-6-13(17)18/h12H,1,3,5-9H2,2,4H3,(H,17,18). The first kappa shape index (κ1) is 21.4. The molecule has 0 atom stereocenters. The molecular formula is C16H22O8. The smallest absolute Gasteiger partial charge is 0.333 e. The van der Waals surface area contributed by atoms with Gasteiger partial charge >= 0.3 is 23.9 Å². The molecule has 0 heterocycles. The Morgan fingerprint density at radius 3 is 1.75 bits per heavy atom. The SMILES string of the molecule is C=C(C)C(=O)OCC(COC(=O)C(=C)C)OC(=O)CCCC(=O)O. The van der Waals surface area contributed by atoms with Gasteiger partial charge in [-0.15, -0.1) is 0 Å². The highest BCUT2D eigenvalue weighted by molar-refractivity contribution is 5.87. The molecule has 0 aromatic heterocycles. The van der Waals surface area contributed by atoms with Gasteiger partial charge in [0.05, 0.1) is 0 Å². The van der Waals surface area contributed by atoms with Crippen LogP contribution in [0.15, 0.2) is 24.3 Å². The second-order valence-corrected chi connectivity index (χ2v) is 5.12. The summed E-state index contributed by atoms with van der Waals surface area (Å²) in [5, 5.41) is 8.52. The molecule has 0 saturated carbocycles. The van der Waals surface area contributed by atoms with E-state index in [9.17, 15) is 19.2 Å². The Kier molecular flexibility index (Phi) is 9.77. The van der Waals surface area contributed by atoms with E-state index in [-0.39, 0.29) is 43.6 Å². The Morgan fingerprint density at radius 2 is 1.38 bits per heavy atom. The molecule has 0 amide bonds. The lowest BCUT2D eigenvalue weighted by Crippen LogP contribution is -2.31. The fraction of sp³-hybridized carbons (Fsp3) is 0.500. The number of carboxylic acid groups (broad SMARTS) is 1. The van der Waals surface area contributed by atoms with E-state index in [1.807, 2.05) is 0 Å². The molecule has 0 aromatic carbocycles. The van der Waals surface area contributed by atoms with Crippen molar-refractivity contribution in [3.63, 3.8) is 0 Å². The Hall–Kier alpha value is -2.64. The number of rotatable bonds is 11. The van der Waals surface area contributed by atoms with E-state index in [0.29, 0.717) is 0 Å². The van der Waals surface area contributed by atoms with Crippen LogP contribution < -0.4 is 0 Å². The number of aliphatic carboxylic acids is 1. The average molecular weight is 342 g/mol. The third kappa shape index (κ3) is 10.1. The van der Waals surface area contributed by atoms with Crippen molar-refractivity contribution in [2.75, 3.05) is 13.2 Å². The summed E-state index contributed by atoms with van der Waals surface area (Å²) >= 11 is 0. The van der Waals surface area contributed by atoms with Crippen LogP contribution in [0.4, 0.5) is 0 Å². The average Bonchev–Trinajstić information content (AvgIpc) is 2.48. The molecule has 0 aliphatic heterocycles. The lowest BCUT2D eigenvalue weighted by Gasteiger charge is -2.18. The van der Waals surface area contributed by atoms with Crippen LogP contribution in [0, 0.1) is 0 Å². The molecule has 24 heavy (non-hydrogen) atoms. The van der Waals surface area contributed by atoms with Crippen LogP contribution >= 0.6 is 0 Å². The van der Waals surface area contributed by atoms with Gasteiger partial charge in [0.1, 0.15) is 13.2 Å². The molecule has 0 unspecified atom stereocenters. The van der Waals surface area contributed by atoms with Crippen LogP contribution in [0.2, 0.25) is 0 Å². The fourth-order valence-corrected chi connectivity index (χ4v) is 1.33. The van der Waals surface area contributed by atoms with Crippen molar-refractivity contribution in [3.05, 3.63) is 24.3 Å². The fourth-order valence-electron chi connectivity index (χ4n) is 1.33. The van der Waals surface area contributed by atoms with Gasteiger partial charge in [-0.3, -0.25) is 9.59 Å². The van der Waals surface area contributed by atoms with Gasteiger partial charge in [0.25, 0.3) is 0 Å². The Balaban J connectivity index is 4.54. The first-order valence-corrected chi connectivity index (χ1v) is 7.20. The second kappa shape index (κ2) is 11.0. The summed E-state index contributed by atoms with van der Waals surface area (Å²) in [6.45, 7) is 9.10. The van der Waals surface area contributed by atoms with E-state index in [2.05, 4.69) is 13.2 Å². The molecule has 0 fully saturated rings. The van der Waals surface area contributed by atoms with Crippen molar-refractivity contribution in [1.82, 2.24) is 0 Å². The zero-order chi connectivity index (χ0) is 18.7. The molecular weight excluding hydrogens is 320 g/mol. The maximum Gasteiger partial charge on any atom is 0.333 e. The van der Waals surface area contributed by atoms with Crippen molar-refractivity contribution in [2.24, 2.45) is 0 Å². The minimum atomic E-state index is -1.02. The molecule has 0 aromatic rings. The topological polar surface area (TPSA) is 116 Å². The normalized spacial score (nSPS) is 9.96. The predicted octanol–water partition coefficient (Wildman–Crippen LogP) is 1.39. The molecule has 0 aliphatic rings. The Morgan fingerprint density at radius 1 is 0.917 bits per heavy atom. The lowest BCUT2D eigenvalue weighted by molar-refractivity contribution is -0.164. The summed E-state index contributed by atoms with van der Waals surface area (Å²) in [4.78, 5) is 44.8. The van der Waals surface area contributed by atoms with Crippen molar-refractivity contribution in [3.8, 4) is 0 Å². The number of esters is 3. The number of ether oxygens (including phenoxy) is 3. The molecule has 0 aliphatic carbocycles. The quantitative estimate of drug-likeness (QED) is 0.340. The molecule has 0 rings (SSSR count). The first-order valence-electron chi connectivity index (χ1n) is 7.20. The Labute approximate surface area is 140 Å². The zero-order valence-electron chi connectivity index (χ0n) is 13.8. The van der Waals surface area contributed by atoms with Gasteiger partial charge in [0, 0.05) is 24.0 Å². The number of carbonyl (C=O) groups is 4. The van der Waals surface area contributed by atoms with Gasteiger partial charge in [-0.1, -0.05) is 13.2 Å². The van der Waals surface area contributed by atoms with Crippen LogP contribution in [0.3, 0.4) is 0 Å². The lowest BCUT2D eigenvalue weighted by atomic mass is 10.2. The van der Waals surface area contributed by atoms with Gasteiger partial charge in [-0.05, 0) is 20.3 Å². The van der Waals surface area contributed by atoms with Crippen LogP contribution in [0.5, 0.6) is 0 Å². The number of hydrogen-bond donors (Lipinski definition) is 1. The van der Waals surface area contributed by atoms with Gasteiger partial charge < -0.3 is 19.3 Å². The number of carboxylic acids is 1. The summed E-state index contributed by atoms with van der Waals surface area (Å²) in [5.41, 5.74) is 0.334. The van der Waals surface area contributed by atoms with E-state index in [4.69, 9.17) is 19.3 Å². The van der Waals surface area contributed by atoms with Crippen molar-refractivity contribution in [1.29, 1.82) is 0 Å². The van der Waals surface area contributed by atoms with Gasteiger partial charge in [0.15, 0.2) is 6.10 Å². The third-order valence-corrected chi connectivity index (χ3v) is 2.57. The largest absolute Gasteiger partial charge is 0.481 e. The van der Waals surface area contributed by atoms with E-state index < -0.39 is 30.0 Å². The maximum atomic E-state index is 11.7. The zero-order valence-corrected chi connectivity index (χ0v) is 13.8. The Bertz CT molecular complexity index is 490. The molecule has 0 spiro atoms. The molecule has 134 valence electrons. The highest BCUT2D eigenvalue weighted by Crippen LogP contribution is 2.05. The summed E-state index contributed by atoms with van der Waals surface area (Å²) in [6, 6.07) is 0. The predicted molar refractivity (Wildman–Crippen MR) is 82.9 cm³/mol. The van der Waals surface area contributed by atoms with E-state index in [1.54, 1.807) is 0 Å². The van der Waals surface area contributed by atoms with E-state index in [0.717, 1.165) is 0 Å². The maximum absolute atomic E-state index is 11.7. The third-order valence-electron chi connectivity index (χ3n) is 2.57. The van der Waals surface area contributed by atoms with Crippen molar-refractivity contribution < 1.29 is 38.5 Å². The molecule has 0 radical (unpaired) electrons. The van der Waals surface area contributed by atoms with Crippen molar-refractivity contribution in [2.45, 2.75) is 39.2 Å². The summed E-state index contributed by atoms with van der Waals surface area (Å²) in [7, 11) is 0. The molecule has 1 N–H and O–H groups in total. The summed E-state index contributed by atoms with van der Waals surface area (Å²) in [5.74, 6) is -3.05. The second-order valence-electron chi connectivity index (χ2n) is 5.12. The molecule has 0 saturated heterocycles. The minimum absolute atomic E-state index is 0.109. The molecule has 8 nitrogen and oxygen atoms in total. The monoisotopic (exact) mass is 342 g/mol. The number of hydrogen-bond acceptors (Lipinski definition) is 7. The first-order chi connectivity index (χ1) is 11.1. The molecule has 0 bridgehead atoms. The highest BCUT2D eigenvalue weighted by Gasteiger charge is 2.20. The summed E-state index contributed by atoms with van der Waals surface area (Å²) in [6.07, 6.45) is -1.19. The van der Waals surface area contributed by atoms with Crippen LogP contribution in [-0.4, -0.2) is 48.3 Å². The van der Waals surface area contributed by atoms with Gasteiger partial charge in [0.2, 0.25) is 0 Å². The van der Waals surface area contributed by atoms with Gasteiger partial charge in [-0.25, -0.2) is 9.59 Å². The summed E-state index contributed by atoms with van der Waals surface area (Å²) < 4.78 is 14.8. The number of carbonyl (C=O) groups excluding carboxylic acids is 3. The van der Waals surface area contributed by atoms with Crippen molar-refractivity contribution >= 4 is 23.9 Å². The van der Waals surface area contributed by atoms with E-state index in [1.165, 1.54) is 13.8 Å². The molecule has 8 heteroatoms. The van der Waals surface area contributed by atoms with Gasteiger partial charge in [-0.2, -0.15) is 0 Å².